The van der Waals surface area contributed by atoms with Crippen molar-refractivity contribution in [1.29, 1.82) is 10.8 Å². The summed E-state index contributed by atoms with van der Waals surface area (Å²) in [5.41, 5.74) is 15.4. The number of phenolic OH excluding ortho intramolecular Hbond substituents is 1. The first-order chi connectivity index (χ1) is 18.6. The van der Waals surface area contributed by atoms with Gasteiger partial charge in [0.15, 0.2) is 0 Å². The number of hydrazone groups is 2. The van der Waals surface area contributed by atoms with Gasteiger partial charge in [-0.25, -0.2) is 10.9 Å². The van der Waals surface area contributed by atoms with E-state index in [4.69, 9.17) is 51.6 Å². The average Bonchev–Trinajstić information content (AvgIpc) is 2.84. The number of nitrogens with one attached hydrogen (secondary N) is 4. The van der Waals surface area contributed by atoms with Crippen molar-refractivity contribution in [2.45, 2.75) is 13.8 Å². The van der Waals surface area contributed by atoms with Gasteiger partial charge in [0.25, 0.3) is 17.6 Å². The van der Waals surface area contributed by atoms with E-state index < -0.39 is 16.9 Å². The first-order valence-corrected chi connectivity index (χ1v) is 10.5. The number of nitrogens with two attached hydrogens (primary N) is 2. The monoisotopic (exact) mass is 565 g/mol. The third-order valence-electron chi connectivity index (χ3n) is 3.41. The number of non-ortho nitro benzene ring substituents is 1. The summed E-state index contributed by atoms with van der Waals surface area (Å²) in [6.07, 6.45) is 2.64. The van der Waals surface area contributed by atoms with Gasteiger partial charge in [-0.2, -0.15) is 10.2 Å². The third kappa shape index (κ3) is 19.3. The highest BCUT2D eigenvalue weighted by Gasteiger charge is 2.09. The molecule has 0 aliphatic heterocycles. The Morgan fingerprint density at radius 2 is 1.48 bits per heavy atom. The smallest absolute Gasteiger partial charge is 0.300 e. The molecule has 0 aliphatic carbocycles. The largest absolute Gasteiger partial charge is 0.507 e. The molecule has 0 heterocycles. The van der Waals surface area contributed by atoms with Crippen LogP contribution in [0.2, 0.25) is 0 Å². The third-order valence-corrected chi connectivity index (χ3v) is 3.41. The normalized spacial score (nSPS) is 9.40. The number of carboxylic acid groups (broad SMARTS) is 2. The Balaban J connectivity index is 0. The highest BCUT2D eigenvalue weighted by Crippen LogP contribution is 2.31. The van der Waals surface area contributed by atoms with Gasteiger partial charge in [0, 0.05) is 43.7 Å². The predicted molar refractivity (Wildman–Crippen MR) is 146 cm³/mol. The first-order valence-electron chi connectivity index (χ1n) is 10.5. The lowest BCUT2D eigenvalue weighted by Crippen LogP contribution is -2.25. The molecule has 0 fully saturated rings. The van der Waals surface area contributed by atoms with Gasteiger partial charge < -0.3 is 36.3 Å². The number of carboxylic acids is 2. The van der Waals surface area contributed by atoms with E-state index in [9.17, 15) is 15.2 Å². The Bertz CT molecular complexity index is 1200. The number of hydrogen-bond donors (Lipinski definition) is 9. The molecule has 0 radical (unpaired) electrons. The van der Waals surface area contributed by atoms with Crippen molar-refractivity contribution in [3.8, 4) is 17.2 Å². The lowest BCUT2D eigenvalue weighted by molar-refractivity contribution is -0.384. The average molecular weight is 566 g/mol. The summed E-state index contributed by atoms with van der Waals surface area (Å²) in [6.45, 7) is 2.17. The molecule has 0 saturated heterocycles. The second kappa shape index (κ2) is 20.2. The van der Waals surface area contributed by atoms with E-state index in [1.54, 1.807) is 18.2 Å². The van der Waals surface area contributed by atoms with Crippen molar-refractivity contribution in [2.24, 2.45) is 21.7 Å². The Kier molecular flexibility index (Phi) is 18.2. The summed E-state index contributed by atoms with van der Waals surface area (Å²) in [7, 11) is 2.95. The van der Waals surface area contributed by atoms with E-state index >= 15 is 0 Å². The van der Waals surface area contributed by atoms with Gasteiger partial charge in [-0.1, -0.05) is 12.1 Å². The summed E-state index contributed by atoms with van der Waals surface area (Å²) in [6, 6.07) is 8.99. The molecular weight excluding hydrogens is 534 g/mol. The number of hydrogen-bond acceptors (Lipinski definition) is 11. The molecule has 0 spiro atoms. The Hall–Kier alpha value is -5.94. The van der Waals surface area contributed by atoms with Gasteiger partial charge in [-0.3, -0.25) is 30.5 Å². The van der Waals surface area contributed by atoms with Crippen LogP contribution in [0.1, 0.15) is 25.0 Å². The second-order valence-corrected chi connectivity index (χ2v) is 6.72. The van der Waals surface area contributed by atoms with E-state index in [0.717, 1.165) is 13.8 Å². The molecule has 18 nitrogen and oxygen atoms in total. The quantitative estimate of drug-likeness (QED) is 0.0972. The van der Waals surface area contributed by atoms with Crippen molar-refractivity contribution in [3.63, 3.8) is 0 Å². The van der Waals surface area contributed by atoms with Gasteiger partial charge >= 0.3 is 0 Å². The van der Waals surface area contributed by atoms with Gasteiger partial charge in [0.05, 0.1) is 37.1 Å². The van der Waals surface area contributed by atoms with Crippen molar-refractivity contribution < 1.29 is 39.3 Å². The summed E-state index contributed by atoms with van der Waals surface area (Å²) in [5.74, 6) is -1.44. The minimum Gasteiger partial charge on any atom is -0.507 e. The SMILES string of the molecule is CC(=O)O.CC(=O)O.COc1cc(O)c(C=NNC(=N)N)c(OC)c1.N=C(N)NN=Cc1cccc([N+](=O)[O-])c1. The molecule has 0 amide bonds. The first kappa shape index (κ1) is 36.2. The van der Waals surface area contributed by atoms with Crippen LogP contribution in [-0.4, -0.2) is 70.7 Å². The van der Waals surface area contributed by atoms with Gasteiger partial charge in [-0.15, -0.1) is 0 Å². The molecule has 11 N–H and O–H groups in total. The molecule has 2 aromatic rings. The van der Waals surface area contributed by atoms with Crippen molar-refractivity contribution in [3.05, 3.63) is 57.6 Å². The molecular formula is C22H31N9O9. The van der Waals surface area contributed by atoms with Crippen LogP contribution in [-0.2, 0) is 9.59 Å². The number of rotatable bonds is 7. The van der Waals surface area contributed by atoms with Crippen LogP contribution in [0.25, 0.3) is 0 Å². The Morgan fingerprint density at radius 1 is 0.975 bits per heavy atom. The standard InChI is InChI=1S/C10H14N4O3.C8H9N5O2.2C2H4O2/c1-16-6-3-8(15)7(9(4-6)17-2)5-13-14-10(11)12;9-8(10)12-11-5-6-2-1-3-7(4-6)13(14)15;2*1-2(3)4/h3-5,15H,1-2H3,(H4,11,12,14);1-5H,(H4,9,10,12);2*1H3,(H,3,4). The van der Waals surface area contributed by atoms with Crippen LogP contribution in [0.4, 0.5) is 5.69 Å². The van der Waals surface area contributed by atoms with E-state index in [2.05, 4.69) is 21.1 Å². The molecule has 18 heteroatoms. The maximum atomic E-state index is 10.4. The number of nitro benzene ring substituents is 1. The summed E-state index contributed by atoms with van der Waals surface area (Å²) >= 11 is 0. The molecule has 0 aromatic heterocycles. The van der Waals surface area contributed by atoms with E-state index in [-0.39, 0.29) is 23.4 Å². The zero-order valence-electron chi connectivity index (χ0n) is 21.9. The number of carbonyl (C=O) groups is 2. The maximum Gasteiger partial charge on any atom is 0.300 e. The fourth-order valence-corrected chi connectivity index (χ4v) is 2.07. The molecule has 0 aliphatic rings. The number of benzene rings is 2. The minimum atomic E-state index is -0.833. The van der Waals surface area contributed by atoms with E-state index in [1.807, 2.05) is 0 Å². The molecule has 2 aromatic carbocycles. The van der Waals surface area contributed by atoms with Crippen molar-refractivity contribution in [1.82, 2.24) is 10.9 Å². The van der Waals surface area contributed by atoms with Crippen LogP contribution >= 0.6 is 0 Å². The lowest BCUT2D eigenvalue weighted by atomic mass is 10.2. The van der Waals surface area contributed by atoms with Crippen LogP contribution in [0.3, 0.4) is 0 Å². The number of nitrogens with zero attached hydrogens (tertiary/aromatic N) is 3. The zero-order valence-corrected chi connectivity index (χ0v) is 21.9. The van der Waals surface area contributed by atoms with Crippen LogP contribution in [0, 0.1) is 20.9 Å². The zero-order chi connectivity index (χ0) is 31.3. The van der Waals surface area contributed by atoms with E-state index in [1.165, 1.54) is 44.8 Å². The summed E-state index contributed by atoms with van der Waals surface area (Å²) < 4.78 is 10.1. The number of ether oxygens (including phenoxy) is 2. The number of nitro groups is 1. The second-order valence-electron chi connectivity index (χ2n) is 6.72. The summed E-state index contributed by atoms with van der Waals surface area (Å²) in [4.78, 5) is 27.9. The molecule has 2 rings (SSSR count). The Morgan fingerprint density at radius 3 is 1.90 bits per heavy atom. The predicted octanol–water partition coefficient (Wildman–Crippen LogP) is 0.820. The molecule has 0 saturated carbocycles. The number of aromatic hydroxyl groups is 1. The van der Waals surface area contributed by atoms with Gasteiger partial charge in [-0.05, 0) is 0 Å². The summed E-state index contributed by atoms with van der Waals surface area (Å²) in [5, 5.41) is 56.0. The highest BCUT2D eigenvalue weighted by molar-refractivity contribution is 5.88. The molecule has 0 bridgehead atoms. The number of phenols is 1. The maximum absolute atomic E-state index is 10.4. The fraction of sp³-hybridized carbons (Fsp3) is 0.182. The number of guanidine groups is 2. The van der Waals surface area contributed by atoms with Crippen molar-refractivity contribution >= 4 is 42.0 Å². The molecule has 218 valence electrons. The molecule has 0 atom stereocenters. The fourth-order valence-electron chi connectivity index (χ4n) is 2.07. The van der Waals surface area contributed by atoms with Crippen LogP contribution in [0.15, 0.2) is 46.6 Å². The van der Waals surface area contributed by atoms with Gasteiger partial charge in [0.2, 0.25) is 11.9 Å². The lowest BCUT2D eigenvalue weighted by Gasteiger charge is -2.09. The van der Waals surface area contributed by atoms with Gasteiger partial charge in [0.1, 0.15) is 17.2 Å². The van der Waals surface area contributed by atoms with Crippen LogP contribution in [0.5, 0.6) is 17.2 Å². The Labute approximate surface area is 228 Å². The number of methoxy groups -OCH3 is 2. The topological polar surface area (TPSA) is 305 Å². The highest BCUT2D eigenvalue weighted by atomic mass is 16.6. The number of aliphatic carboxylic acids is 2. The minimum absolute atomic E-state index is 0.0122. The molecule has 40 heavy (non-hydrogen) atoms. The van der Waals surface area contributed by atoms with Crippen molar-refractivity contribution in [2.75, 3.05) is 14.2 Å². The molecule has 0 unspecified atom stereocenters. The van der Waals surface area contributed by atoms with Crippen LogP contribution < -0.4 is 31.8 Å². The van der Waals surface area contributed by atoms with E-state index in [0.29, 0.717) is 22.6 Å².